The number of carbonyl (C=O) groups excluding carboxylic acids is 1. The van der Waals surface area contributed by atoms with E-state index in [4.69, 9.17) is 11.6 Å². The predicted octanol–water partition coefficient (Wildman–Crippen LogP) is 4.41. The molecule has 1 N–H and O–H groups in total. The normalized spacial score (nSPS) is 11.2. The molecule has 0 saturated carbocycles. The van der Waals surface area contributed by atoms with Gasteiger partial charge in [-0.15, -0.1) is 0 Å². The second kappa shape index (κ2) is 5.94. The number of hydrogen-bond donors (Lipinski definition) is 1. The van der Waals surface area contributed by atoms with Crippen molar-refractivity contribution in [3.8, 4) is 0 Å². The molecule has 0 atom stereocenters. The van der Waals surface area contributed by atoms with Crippen molar-refractivity contribution in [3.05, 3.63) is 57.7 Å². The summed E-state index contributed by atoms with van der Waals surface area (Å²) in [5.41, 5.74) is 0.232. The fraction of sp³-hybridized carbons (Fsp3) is 0.200. The summed E-state index contributed by atoms with van der Waals surface area (Å²) in [6.07, 6.45) is 1.64. The minimum absolute atomic E-state index is 0.116. The van der Waals surface area contributed by atoms with Crippen LogP contribution in [0.4, 0.5) is 5.82 Å². The number of anilines is 1. The van der Waals surface area contributed by atoms with Crippen LogP contribution in [-0.2, 0) is 10.2 Å². The minimum Gasteiger partial charge on any atom is -0.310 e. The van der Waals surface area contributed by atoms with Crippen LogP contribution in [0.3, 0.4) is 0 Å². The Morgan fingerprint density at radius 1 is 1.20 bits per heavy atom. The fourth-order valence-corrected chi connectivity index (χ4v) is 2.08. The first-order valence-corrected chi connectivity index (χ1v) is 7.26. The van der Waals surface area contributed by atoms with Crippen LogP contribution >= 0.6 is 27.5 Å². The van der Waals surface area contributed by atoms with E-state index < -0.39 is 5.41 Å². The average Bonchev–Trinajstić information content (AvgIpc) is 2.42. The van der Waals surface area contributed by atoms with E-state index in [0.717, 1.165) is 10.0 Å². The number of amides is 1. The third kappa shape index (κ3) is 3.38. The van der Waals surface area contributed by atoms with Gasteiger partial charge in [-0.3, -0.25) is 4.79 Å². The van der Waals surface area contributed by atoms with Crippen molar-refractivity contribution >= 4 is 39.3 Å². The van der Waals surface area contributed by atoms with Gasteiger partial charge in [-0.25, -0.2) is 4.98 Å². The Balaban J connectivity index is 2.18. The molecule has 0 unspecified atom stereocenters. The lowest BCUT2D eigenvalue weighted by atomic mass is 9.84. The molecule has 0 aliphatic rings. The molecule has 0 radical (unpaired) electrons. The number of halogens is 2. The summed E-state index contributed by atoms with van der Waals surface area (Å²) in [6, 6.07) is 10.9. The third-order valence-electron chi connectivity index (χ3n) is 3.10. The molecule has 0 spiro atoms. The lowest BCUT2D eigenvalue weighted by Crippen LogP contribution is -2.34. The smallest absolute Gasteiger partial charge is 0.235 e. The lowest BCUT2D eigenvalue weighted by molar-refractivity contribution is -0.120. The van der Waals surface area contributed by atoms with Crippen LogP contribution in [0, 0.1) is 0 Å². The number of nitrogens with one attached hydrogen (secondary N) is 1. The first-order chi connectivity index (χ1) is 9.39. The monoisotopic (exact) mass is 352 g/mol. The number of carbonyl (C=O) groups is 1. The predicted molar refractivity (Wildman–Crippen MR) is 85.0 cm³/mol. The van der Waals surface area contributed by atoms with E-state index in [1.807, 2.05) is 32.0 Å². The van der Waals surface area contributed by atoms with Gasteiger partial charge in [0.1, 0.15) is 5.82 Å². The molecular formula is C15H14BrClN2O. The first kappa shape index (κ1) is 15.0. The molecule has 1 aromatic heterocycles. The number of benzene rings is 1. The zero-order valence-corrected chi connectivity index (χ0v) is 13.5. The average molecular weight is 354 g/mol. The number of hydrogen-bond acceptors (Lipinski definition) is 2. The molecule has 2 aromatic rings. The number of rotatable bonds is 3. The molecule has 0 saturated heterocycles. The van der Waals surface area contributed by atoms with Crippen molar-refractivity contribution in [1.29, 1.82) is 0 Å². The topological polar surface area (TPSA) is 42.0 Å². The van der Waals surface area contributed by atoms with Crippen molar-refractivity contribution in [1.82, 2.24) is 4.98 Å². The van der Waals surface area contributed by atoms with E-state index in [0.29, 0.717) is 10.8 Å². The Labute approximate surface area is 131 Å². The van der Waals surface area contributed by atoms with E-state index in [-0.39, 0.29) is 5.91 Å². The molecule has 1 heterocycles. The highest BCUT2D eigenvalue weighted by Crippen LogP contribution is 2.26. The van der Waals surface area contributed by atoms with Crippen LogP contribution in [0.25, 0.3) is 0 Å². The van der Waals surface area contributed by atoms with E-state index in [2.05, 4.69) is 26.2 Å². The summed E-state index contributed by atoms with van der Waals surface area (Å²) in [4.78, 5) is 16.5. The van der Waals surface area contributed by atoms with Gasteiger partial charge in [-0.1, -0.05) is 23.7 Å². The maximum absolute atomic E-state index is 12.4. The molecule has 1 amide bonds. The molecule has 0 fully saturated rings. The Morgan fingerprint density at radius 3 is 2.40 bits per heavy atom. The molecule has 0 aliphatic carbocycles. The fourth-order valence-electron chi connectivity index (χ4n) is 1.72. The molecular weight excluding hydrogens is 340 g/mol. The molecule has 5 heteroatoms. The van der Waals surface area contributed by atoms with Crippen LogP contribution in [0.2, 0.25) is 5.02 Å². The highest BCUT2D eigenvalue weighted by molar-refractivity contribution is 9.10. The van der Waals surface area contributed by atoms with Crippen LogP contribution in [0.1, 0.15) is 19.4 Å². The SMILES string of the molecule is CC(C)(C(=O)Nc1ccc(Br)cn1)c1ccc(Cl)cc1. The van der Waals surface area contributed by atoms with Crippen molar-refractivity contribution < 1.29 is 4.79 Å². The Hall–Kier alpha value is -1.39. The van der Waals surface area contributed by atoms with Crippen molar-refractivity contribution in [3.63, 3.8) is 0 Å². The largest absolute Gasteiger partial charge is 0.310 e. The summed E-state index contributed by atoms with van der Waals surface area (Å²) in [6.45, 7) is 3.73. The minimum atomic E-state index is -0.667. The highest BCUT2D eigenvalue weighted by atomic mass is 79.9. The van der Waals surface area contributed by atoms with E-state index in [1.54, 1.807) is 24.4 Å². The Morgan fingerprint density at radius 2 is 1.85 bits per heavy atom. The molecule has 0 bridgehead atoms. The van der Waals surface area contributed by atoms with Gasteiger partial charge in [0.15, 0.2) is 0 Å². The number of aromatic nitrogens is 1. The van der Waals surface area contributed by atoms with E-state index in [1.165, 1.54) is 0 Å². The van der Waals surface area contributed by atoms with Gasteiger partial charge in [-0.05, 0) is 59.6 Å². The molecule has 104 valence electrons. The van der Waals surface area contributed by atoms with Crippen molar-refractivity contribution in [2.24, 2.45) is 0 Å². The van der Waals surface area contributed by atoms with Gasteiger partial charge < -0.3 is 5.32 Å². The number of nitrogens with zero attached hydrogens (tertiary/aromatic N) is 1. The molecule has 0 aliphatic heterocycles. The standard InChI is InChI=1S/C15H14BrClN2O/c1-15(2,10-3-6-12(17)7-4-10)14(20)19-13-8-5-11(16)9-18-13/h3-9H,1-2H3,(H,18,19,20). The summed E-state index contributed by atoms with van der Waals surface area (Å²) in [5.74, 6) is 0.412. The van der Waals surface area contributed by atoms with Gasteiger partial charge in [0, 0.05) is 15.7 Å². The second-order valence-corrected chi connectivity index (χ2v) is 6.30. The maximum Gasteiger partial charge on any atom is 0.235 e. The van der Waals surface area contributed by atoms with Crippen LogP contribution in [0.5, 0.6) is 0 Å². The van der Waals surface area contributed by atoms with Crippen molar-refractivity contribution in [2.75, 3.05) is 5.32 Å². The van der Waals surface area contributed by atoms with Crippen molar-refractivity contribution in [2.45, 2.75) is 19.3 Å². The second-order valence-electron chi connectivity index (χ2n) is 4.95. The summed E-state index contributed by atoms with van der Waals surface area (Å²) >= 11 is 9.18. The molecule has 2 rings (SSSR count). The lowest BCUT2D eigenvalue weighted by Gasteiger charge is -2.24. The Kier molecular flexibility index (Phi) is 4.45. The van der Waals surface area contributed by atoms with Gasteiger partial charge in [-0.2, -0.15) is 0 Å². The molecule has 20 heavy (non-hydrogen) atoms. The van der Waals surface area contributed by atoms with Gasteiger partial charge in [0.2, 0.25) is 5.91 Å². The van der Waals surface area contributed by atoms with Gasteiger partial charge in [0.05, 0.1) is 5.41 Å². The number of pyridine rings is 1. The van der Waals surface area contributed by atoms with Crippen LogP contribution in [-0.4, -0.2) is 10.9 Å². The first-order valence-electron chi connectivity index (χ1n) is 6.08. The van der Waals surface area contributed by atoms with Crippen LogP contribution in [0.15, 0.2) is 47.1 Å². The van der Waals surface area contributed by atoms with E-state index in [9.17, 15) is 4.79 Å². The molecule has 3 nitrogen and oxygen atoms in total. The van der Waals surface area contributed by atoms with E-state index >= 15 is 0 Å². The molecule has 1 aromatic carbocycles. The zero-order valence-electron chi connectivity index (χ0n) is 11.2. The summed E-state index contributed by atoms with van der Waals surface area (Å²) in [5, 5.41) is 3.47. The summed E-state index contributed by atoms with van der Waals surface area (Å²) < 4.78 is 0.868. The quantitative estimate of drug-likeness (QED) is 0.888. The van der Waals surface area contributed by atoms with Gasteiger partial charge >= 0.3 is 0 Å². The van der Waals surface area contributed by atoms with Gasteiger partial charge in [0.25, 0.3) is 0 Å². The summed E-state index contributed by atoms with van der Waals surface area (Å²) in [7, 11) is 0. The van der Waals surface area contributed by atoms with Crippen LogP contribution < -0.4 is 5.32 Å². The maximum atomic E-state index is 12.4. The zero-order chi connectivity index (χ0) is 14.8. The highest BCUT2D eigenvalue weighted by Gasteiger charge is 2.29. The third-order valence-corrected chi connectivity index (χ3v) is 3.82. The Bertz CT molecular complexity index is 609.